The first-order chi connectivity index (χ1) is 25.5. The Morgan fingerprint density at radius 1 is 0.404 bits per heavy atom. The van der Waals surface area contributed by atoms with Crippen LogP contribution in [0.4, 0.5) is 0 Å². The molecule has 0 aliphatic rings. The van der Waals surface area contributed by atoms with Gasteiger partial charge in [0, 0.05) is 19.3 Å². The number of hydrogen-bond donors (Lipinski definition) is 0. The molecule has 298 valence electrons. The number of ether oxygens (including phenoxy) is 3. The maximum Gasteiger partial charge on any atom is 0.306 e. The van der Waals surface area contributed by atoms with Crippen molar-refractivity contribution in [1.82, 2.24) is 0 Å². The lowest BCUT2D eigenvalue weighted by Gasteiger charge is -2.18. The largest absolute Gasteiger partial charge is 0.462 e. The van der Waals surface area contributed by atoms with Crippen LogP contribution in [-0.2, 0) is 28.6 Å². The van der Waals surface area contributed by atoms with Gasteiger partial charge in [0.15, 0.2) is 6.10 Å². The summed E-state index contributed by atoms with van der Waals surface area (Å²) in [7, 11) is 0. The van der Waals surface area contributed by atoms with E-state index in [0.29, 0.717) is 19.3 Å². The minimum Gasteiger partial charge on any atom is -0.462 e. The summed E-state index contributed by atoms with van der Waals surface area (Å²) in [6.45, 7) is 6.31. The molecule has 0 amide bonds. The van der Waals surface area contributed by atoms with E-state index in [-0.39, 0.29) is 31.1 Å². The molecule has 1 unspecified atom stereocenters. The topological polar surface area (TPSA) is 78.9 Å². The Hall–Kier alpha value is -2.89. The lowest BCUT2D eigenvalue weighted by molar-refractivity contribution is -0.167. The minimum absolute atomic E-state index is 0.0918. The predicted octanol–water partition coefficient (Wildman–Crippen LogP) is 13.4. The fourth-order valence-corrected chi connectivity index (χ4v) is 5.55. The quantitative estimate of drug-likeness (QED) is 0.0274. The molecule has 0 aliphatic heterocycles. The average molecular weight is 727 g/mol. The van der Waals surface area contributed by atoms with E-state index >= 15 is 0 Å². The molecule has 52 heavy (non-hydrogen) atoms. The van der Waals surface area contributed by atoms with E-state index in [1.165, 1.54) is 12.8 Å². The van der Waals surface area contributed by atoms with Gasteiger partial charge in [-0.25, -0.2) is 0 Å². The summed E-state index contributed by atoms with van der Waals surface area (Å²) in [6.07, 6.45) is 47.8. The highest BCUT2D eigenvalue weighted by Gasteiger charge is 2.19. The van der Waals surface area contributed by atoms with E-state index in [0.717, 1.165) is 141 Å². The fourth-order valence-electron chi connectivity index (χ4n) is 5.55. The maximum atomic E-state index is 12.7. The summed E-state index contributed by atoms with van der Waals surface area (Å²) in [5.74, 6) is -0.943. The van der Waals surface area contributed by atoms with Crippen molar-refractivity contribution >= 4 is 17.9 Å². The normalized spacial score (nSPS) is 12.6. The van der Waals surface area contributed by atoms with Gasteiger partial charge in [-0.2, -0.15) is 0 Å². The van der Waals surface area contributed by atoms with Crippen LogP contribution in [0, 0.1) is 0 Å². The van der Waals surface area contributed by atoms with Crippen LogP contribution in [0.5, 0.6) is 0 Å². The standard InChI is InChI=1S/C46H78O6/c1-4-7-10-13-16-19-22-24-27-30-33-36-39-45(48)51-42-43(41-50-44(47)38-35-32-29-26-21-18-15-12-9-6-3)52-46(49)40-37-34-31-28-25-23-20-17-14-11-8-5-2/h7-8,10-11,15-20,43H,4-6,9,12-14,21-42H2,1-3H3/b10-7-,11-8-,18-15-,19-16-,20-17-. The Morgan fingerprint density at radius 2 is 0.750 bits per heavy atom. The third-order valence-electron chi connectivity index (χ3n) is 8.74. The van der Waals surface area contributed by atoms with Gasteiger partial charge in [0.25, 0.3) is 0 Å². The Morgan fingerprint density at radius 3 is 1.17 bits per heavy atom. The smallest absolute Gasteiger partial charge is 0.306 e. The van der Waals surface area contributed by atoms with E-state index in [1.54, 1.807) is 0 Å². The van der Waals surface area contributed by atoms with Gasteiger partial charge in [0.1, 0.15) is 13.2 Å². The summed E-state index contributed by atoms with van der Waals surface area (Å²) in [5.41, 5.74) is 0. The van der Waals surface area contributed by atoms with Crippen LogP contribution in [0.25, 0.3) is 0 Å². The molecule has 6 nitrogen and oxygen atoms in total. The van der Waals surface area contributed by atoms with Crippen molar-refractivity contribution in [3.63, 3.8) is 0 Å². The molecule has 0 spiro atoms. The number of esters is 3. The monoisotopic (exact) mass is 727 g/mol. The van der Waals surface area contributed by atoms with Crippen LogP contribution < -0.4 is 0 Å². The Balaban J connectivity index is 4.44. The highest BCUT2D eigenvalue weighted by Crippen LogP contribution is 2.12. The number of unbranched alkanes of at least 4 members (excludes halogenated alkanes) is 16. The summed E-state index contributed by atoms with van der Waals surface area (Å²) in [6, 6.07) is 0. The molecule has 0 fully saturated rings. The Labute approximate surface area is 320 Å². The van der Waals surface area contributed by atoms with Crippen molar-refractivity contribution in [3.05, 3.63) is 60.8 Å². The SMILES string of the molecule is CC/C=C\C/C=C\CCCCCCCC(=O)OCC(COC(=O)CCCCCC/C=C\CCCC)OC(=O)CCCCCCC/C=C\C/C=C\CC. The molecule has 1 atom stereocenters. The molecule has 0 rings (SSSR count). The van der Waals surface area contributed by atoms with Crippen molar-refractivity contribution in [2.24, 2.45) is 0 Å². The molecular weight excluding hydrogens is 648 g/mol. The third kappa shape index (κ3) is 38.3. The molecule has 0 aromatic heterocycles. The molecular formula is C46H78O6. The maximum absolute atomic E-state index is 12.7. The van der Waals surface area contributed by atoms with E-state index in [4.69, 9.17) is 14.2 Å². The highest BCUT2D eigenvalue weighted by molar-refractivity contribution is 5.71. The average Bonchev–Trinajstić information content (AvgIpc) is 3.14. The molecule has 0 N–H and O–H groups in total. The van der Waals surface area contributed by atoms with Crippen molar-refractivity contribution < 1.29 is 28.6 Å². The zero-order chi connectivity index (χ0) is 38.0. The lowest BCUT2D eigenvalue weighted by Crippen LogP contribution is -2.30. The van der Waals surface area contributed by atoms with Gasteiger partial charge in [-0.1, -0.05) is 146 Å². The molecule has 0 saturated heterocycles. The molecule has 0 saturated carbocycles. The zero-order valence-electron chi connectivity index (χ0n) is 33.8. The molecule has 0 aromatic rings. The second kappa shape index (κ2) is 40.9. The van der Waals surface area contributed by atoms with Crippen molar-refractivity contribution in [1.29, 1.82) is 0 Å². The van der Waals surface area contributed by atoms with E-state index < -0.39 is 6.10 Å². The minimum atomic E-state index is -0.788. The van der Waals surface area contributed by atoms with Crippen LogP contribution in [0.15, 0.2) is 60.8 Å². The van der Waals surface area contributed by atoms with Crippen LogP contribution in [0.1, 0.15) is 194 Å². The Kier molecular flexibility index (Phi) is 38.6. The van der Waals surface area contributed by atoms with Gasteiger partial charge in [-0.15, -0.1) is 0 Å². The van der Waals surface area contributed by atoms with Crippen molar-refractivity contribution in [2.45, 2.75) is 200 Å². The van der Waals surface area contributed by atoms with E-state index in [2.05, 4.69) is 81.5 Å². The van der Waals surface area contributed by atoms with E-state index in [9.17, 15) is 14.4 Å². The lowest BCUT2D eigenvalue weighted by atomic mass is 10.1. The fraction of sp³-hybridized carbons (Fsp3) is 0.717. The molecule has 6 heteroatoms. The van der Waals surface area contributed by atoms with Gasteiger partial charge in [-0.3, -0.25) is 14.4 Å². The number of carbonyl (C=O) groups excluding carboxylic acids is 3. The Bertz CT molecular complexity index is 975. The second-order valence-corrected chi connectivity index (χ2v) is 13.8. The first kappa shape index (κ1) is 49.1. The van der Waals surface area contributed by atoms with Gasteiger partial charge >= 0.3 is 17.9 Å². The van der Waals surface area contributed by atoms with Crippen LogP contribution in [-0.4, -0.2) is 37.2 Å². The van der Waals surface area contributed by atoms with Crippen molar-refractivity contribution in [3.8, 4) is 0 Å². The molecule has 0 aliphatic carbocycles. The van der Waals surface area contributed by atoms with Crippen LogP contribution in [0.2, 0.25) is 0 Å². The molecule has 0 heterocycles. The predicted molar refractivity (Wildman–Crippen MR) is 219 cm³/mol. The highest BCUT2D eigenvalue weighted by atomic mass is 16.6. The van der Waals surface area contributed by atoms with Gasteiger partial charge in [0.2, 0.25) is 0 Å². The summed E-state index contributed by atoms with van der Waals surface area (Å²) >= 11 is 0. The zero-order valence-corrected chi connectivity index (χ0v) is 33.8. The van der Waals surface area contributed by atoms with Crippen LogP contribution in [0.3, 0.4) is 0 Å². The summed E-state index contributed by atoms with van der Waals surface area (Å²) < 4.78 is 16.6. The number of hydrogen-bond acceptors (Lipinski definition) is 6. The van der Waals surface area contributed by atoms with Gasteiger partial charge in [-0.05, 0) is 89.9 Å². The second-order valence-electron chi connectivity index (χ2n) is 13.8. The van der Waals surface area contributed by atoms with Crippen molar-refractivity contribution in [2.75, 3.05) is 13.2 Å². The first-order valence-corrected chi connectivity index (χ1v) is 21.3. The number of carbonyl (C=O) groups is 3. The third-order valence-corrected chi connectivity index (χ3v) is 8.74. The van der Waals surface area contributed by atoms with E-state index in [1.807, 2.05) is 0 Å². The number of allylic oxidation sites excluding steroid dienone is 10. The summed E-state index contributed by atoms with van der Waals surface area (Å²) in [5, 5.41) is 0. The summed E-state index contributed by atoms with van der Waals surface area (Å²) in [4.78, 5) is 37.6. The molecule has 0 radical (unpaired) electrons. The first-order valence-electron chi connectivity index (χ1n) is 21.3. The van der Waals surface area contributed by atoms with Crippen LogP contribution >= 0.6 is 0 Å². The molecule has 0 aromatic carbocycles. The van der Waals surface area contributed by atoms with Gasteiger partial charge in [0.05, 0.1) is 0 Å². The van der Waals surface area contributed by atoms with Gasteiger partial charge < -0.3 is 14.2 Å². The number of rotatable bonds is 37. The molecule has 0 bridgehead atoms.